The van der Waals surface area contributed by atoms with Crippen molar-refractivity contribution in [3.63, 3.8) is 0 Å². The van der Waals surface area contributed by atoms with Crippen LogP contribution in [0, 0.1) is 0 Å². The summed E-state index contributed by atoms with van der Waals surface area (Å²) in [7, 11) is 0. The van der Waals surface area contributed by atoms with Crippen LogP contribution in [0.2, 0.25) is 5.28 Å². The van der Waals surface area contributed by atoms with Gasteiger partial charge in [0.25, 0.3) is 0 Å². The third kappa shape index (κ3) is 2.27. The van der Waals surface area contributed by atoms with Crippen LogP contribution in [0.3, 0.4) is 0 Å². The molecule has 0 radical (unpaired) electrons. The third-order valence-corrected chi connectivity index (χ3v) is 4.17. The highest BCUT2D eigenvalue weighted by molar-refractivity contribution is 6.28. The molecule has 0 saturated carbocycles. The van der Waals surface area contributed by atoms with Crippen LogP contribution in [0.15, 0.2) is 6.33 Å². The molecular formula is C13H16ClN5O4. The van der Waals surface area contributed by atoms with E-state index in [0.29, 0.717) is 11.2 Å². The average Bonchev–Trinajstić information content (AvgIpc) is 3.09. The number of imidazole rings is 1. The van der Waals surface area contributed by atoms with Crippen LogP contribution >= 0.6 is 11.6 Å². The van der Waals surface area contributed by atoms with Crippen LogP contribution in [0.25, 0.3) is 11.2 Å². The van der Waals surface area contributed by atoms with E-state index in [4.69, 9.17) is 31.5 Å². The monoisotopic (exact) mass is 341 g/mol. The predicted molar refractivity (Wildman–Crippen MR) is 79.6 cm³/mol. The number of aliphatic hydroxyl groups excluding tert-OH is 1. The zero-order valence-electron chi connectivity index (χ0n) is 12.5. The molecular weight excluding hydrogens is 326 g/mol. The van der Waals surface area contributed by atoms with Crippen molar-refractivity contribution in [2.24, 2.45) is 0 Å². The highest BCUT2D eigenvalue weighted by atomic mass is 35.5. The Morgan fingerprint density at radius 2 is 2.09 bits per heavy atom. The topological polar surface area (TPSA) is 118 Å². The fourth-order valence-electron chi connectivity index (χ4n) is 3.13. The first kappa shape index (κ1) is 15.0. The van der Waals surface area contributed by atoms with Gasteiger partial charge in [-0.05, 0) is 25.4 Å². The molecule has 10 heteroatoms. The molecule has 4 rings (SSSR count). The van der Waals surface area contributed by atoms with Gasteiger partial charge < -0.3 is 25.1 Å². The van der Waals surface area contributed by atoms with Crippen LogP contribution < -0.4 is 5.73 Å². The van der Waals surface area contributed by atoms with E-state index < -0.39 is 24.2 Å². The van der Waals surface area contributed by atoms with Gasteiger partial charge in [0, 0.05) is 0 Å². The Morgan fingerprint density at radius 3 is 2.83 bits per heavy atom. The van der Waals surface area contributed by atoms with Crippen molar-refractivity contribution in [1.82, 2.24) is 19.5 Å². The second-order valence-corrected chi connectivity index (χ2v) is 6.35. The zero-order chi connectivity index (χ0) is 16.4. The predicted octanol–water partition coefficient (Wildman–Crippen LogP) is 0.472. The Labute approximate surface area is 136 Å². The summed E-state index contributed by atoms with van der Waals surface area (Å²) in [6.45, 7) is 3.46. The normalized spacial score (nSPS) is 32.5. The van der Waals surface area contributed by atoms with Gasteiger partial charge in [-0.1, -0.05) is 0 Å². The second kappa shape index (κ2) is 4.99. The van der Waals surface area contributed by atoms with Crippen LogP contribution in [0.5, 0.6) is 0 Å². The number of nitrogens with two attached hydrogens (primary N) is 1. The van der Waals surface area contributed by atoms with Crippen molar-refractivity contribution < 1.29 is 19.3 Å². The molecule has 2 fully saturated rings. The molecule has 124 valence electrons. The highest BCUT2D eigenvalue weighted by Gasteiger charge is 2.55. The van der Waals surface area contributed by atoms with Crippen molar-refractivity contribution in [2.75, 3.05) is 12.3 Å². The molecule has 4 heterocycles. The molecule has 2 unspecified atom stereocenters. The third-order valence-electron chi connectivity index (χ3n) is 4.00. The standard InChI is InChI=1S/C13H16ClN5O4/c1-13(2)22-7-5(3-20)21-11(8(7)23-13)19-4-16-6-9(15)17-12(14)18-10(6)19/h4-5,7-8,11,20H,3H2,1-2H3,(H2,15,17,18)/t5-,7?,8?,11-/m1/s1. The molecule has 2 aliphatic heterocycles. The molecule has 0 bridgehead atoms. The van der Waals surface area contributed by atoms with Gasteiger partial charge >= 0.3 is 0 Å². The van der Waals surface area contributed by atoms with Gasteiger partial charge in [0.15, 0.2) is 23.5 Å². The van der Waals surface area contributed by atoms with Crippen molar-refractivity contribution in [3.8, 4) is 0 Å². The van der Waals surface area contributed by atoms with E-state index in [1.165, 1.54) is 0 Å². The SMILES string of the molecule is CC1(C)OC2C(O1)[C@@H](CO)O[C@H]2n1cnc2c(N)nc(Cl)nc21. The van der Waals surface area contributed by atoms with E-state index in [9.17, 15) is 5.11 Å². The fraction of sp³-hybridized carbons (Fsp3) is 0.615. The summed E-state index contributed by atoms with van der Waals surface area (Å²) in [4.78, 5) is 12.3. The van der Waals surface area contributed by atoms with E-state index >= 15 is 0 Å². The van der Waals surface area contributed by atoms with Crippen molar-refractivity contribution >= 4 is 28.6 Å². The Bertz CT molecular complexity index is 766. The van der Waals surface area contributed by atoms with Crippen molar-refractivity contribution in [2.45, 2.75) is 44.2 Å². The van der Waals surface area contributed by atoms with Gasteiger partial charge in [-0.25, -0.2) is 4.98 Å². The smallest absolute Gasteiger partial charge is 0.226 e. The van der Waals surface area contributed by atoms with Crippen molar-refractivity contribution in [1.29, 1.82) is 0 Å². The molecule has 9 nitrogen and oxygen atoms in total. The molecule has 2 saturated heterocycles. The first-order valence-electron chi connectivity index (χ1n) is 7.17. The molecule has 23 heavy (non-hydrogen) atoms. The number of hydrogen-bond donors (Lipinski definition) is 2. The van der Waals surface area contributed by atoms with E-state index in [-0.39, 0.29) is 23.8 Å². The maximum atomic E-state index is 9.55. The highest BCUT2D eigenvalue weighted by Crippen LogP contribution is 2.43. The zero-order valence-corrected chi connectivity index (χ0v) is 13.3. The quantitative estimate of drug-likeness (QED) is 0.757. The Morgan fingerprint density at radius 1 is 1.35 bits per heavy atom. The molecule has 0 spiro atoms. The van der Waals surface area contributed by atoms with Crippen LogP contribution in [-0.2, 0) is 14.2 Å². The minimum absolute atomic E-state index is 0.0222. The number of rotatable bonds is 2. The summed E-state index contributed by atoms with van der Waals surface area (Å²) in [5.41, 5.74) is 6.70. The lowest BCUT2D eigenvalue weighted by atomic mass is 10.1. The summed E-state index contributed by atoms with van der Waals surface area (Å²) < 4.78 is 19.3. The number of nitrogen functional groups attached to an aromatic ring is 1. The number of aromatic nitrogens is 4. The molecule has 0 aliphatic carbocycles. The van der Waals surface area contributed by atoms with E-state index in [2.05, 4.69) is 15.0 Å². The van der Waals surface area contributed by atoms with Gasteiger partial charge in [-0.3, -0.25) is 4.57 Å². The number of anilines is 1. The average molecular weight is 342 g/mol. The summed E-state index contributed by atoms with van der Waals surface area (Å²) in [5, 5.41) is 9.57. The first-order valence-corrected chi connectivity index (χ1v) is 7.55. The van der Waals surface area contributed by atoms with E-state index in [0.717, 1.165) is 0 Å². The summed E-state index contributed by atoms with van der Waals surface area (Å²) in [5.74, 6) is -0.566. The van der Waals surface area contributed by atoms with Gasteiger partial charge in [0.1, 0.15) is 23.8 Å². The number of aliphatic hydroxyl groups is 1. The Kier molecular flexibility index (Phi) is 3.26. The summed E-state index contributed by atoms with van der Waals surface area (Å²) >= 11 is 5.89. The van der Waals surface area contributed by atoms with Gasteiger partial charge in [-0.2, -0.15) is 9.97 Å². The largest absolute Gasteiger partial charge is 0.394 e. The molecule has 2 aliphatic rings. The minimum atomic E-state index is -0.757. The Balaban J connectivity index is 1.79. The van der Waals surface area contributed by atoms with Gasteiger partial charge in [0.05, 0.1) is 12.9 Å². The molecule has 3 N–H and O–H groups in total. The summed E-state index contributed by atoms with van der Waals surface area (Å²) in [6, 6.07) is 0. The first-order chi connectivity index (χ1) is 10.9. The lowest BCUT2D eigenvalue weighted by molar-refractivity contribution is -0.199. The second-order valence-electron chi connectivity index (χ2n) is 6.01. The maximum Gasteiger partial charge on any atom is 0.226 e. The van der Waals surface area contributed by atoms with Gasteiger partial charge in [-0.15, -0.1) is 0 Å². The van der Waals surface area contributed by atoms with E-state index in [1.54, 1.807) is 10.9 Å². The number of nitrogens with zero attached hydrogens (tertiary/aromatic N) is 4. The molecule has 2 aromatic heterocycles. The van der Waals surface area contributed by atoms with Gasteiger partial charge in [0.2, 0.25) is 5.28 Å². The molecule has 2 aromatic rings. The summed E-state index contributed by atoms with van der Waals surface area (Å²) in [6.07, 6.45) is -0.308. The minimum Gasteiger partial charge on any atom is -0.394 e. The lowest BCUT2D eigenvalue weighted by Crippen LogP contribution is -2.31. The van der Waals surface area contributed by atoms with Crippen LogP contribution in [0.1, 0.15) is 20.1 Å². The van der Waals surface area contributed by atoms with Crippen LogP contribution in [0.4, 0.5) is 5.82 Å². The number of fused-ring (bicyclic) bond motifs is 2. The Hall–Kier alpha value is -1.52. The molecule has 0 amide bonds. The lowest BCUT2D eigenvalue weighted by Gasteiger charge is -2.24. The molecule has 4 atom stereocenters. The molecule has 0 aromatic carbocycles. The maximum absolute atomic E-state index is 9.55. The number of halogens is 1. The number of ether oxygens (including phenoxy) is 3. The van der Waals surface area contributed by atoms with E-state index in [1.807, 2.05) is 13.8 Å². The van der Waals surface area contributed by atoms with Crippen LogP contribution in [-0.4, -0.2) is 55.3 Å². The number of hydrogen-bond acceptors (Lipinski definition) is 8. The van der Waals surface area contributed by atoms with Crippen molar-refractivity contribution in [3.05, 3.63) is 11.6 Å². The fourth-order valence-corrected chi connectivity index (χ4v) is 3.30.